The molecule has 0 aliphatic heterocycles. The van der Waals surface area contributed by atoms with Crippen LogP contribution in [0, 0.1) is 6.92 Å². The molecule has 0 saturated heterocycles. The van der Waals surface area contributed by atoms with Crippen LogP contribution in [0.2, 0.25) is 0 Å². The average molecular weight is 226 g/mol. The first-order valence-electron chi connectivity index (χ1n) is 5.39. The molecule has 1 amide bonds. The van der Waals surface area contributed by atoms with Gasteiger partial charge in [-0.05, 0) is 19.8 Å². The Bertz CT molecular complexity index is 349. The molecule has 6 nitrogen and oxygen atoms in total. The van der Waals surface area contributed by atoms with E-state index in [1.54, 1.807) is 6.92 Å². The number of aryl methyl sites for hydroxylation is 1. The van der Waals surface area contributed by atoms with E-state index in [4.69, 9.17) is 0 Å². The highest BCUT2D eigenvalue weighted by Crippen LogP contribution is 2.14. The zero-order valence-electron chi connectivity index (χ0n) is 9.87. The lowest BCUT2D eigenvalue weighted by atomic mass is 9.94. The molecule has 0 unspecified atom stereocenters. The third kappa shape index (κ3) is 2.57. The number of hydrogen-bond donors (Lipinski definition) is 3. The number of rotatable bonds is 5. The highest BCUT2D eigenvalue weighted by Gasteiger charge is 2.28. The summed E-state index contributed by atoms with van der Waals surface area (Å²) in [4.78, 5) is 15.7. The number of nitrogens with one attached hydrogen (secondary N) is 2. The largest absolute Gasteiger partial charge is 0.394 e. The molecule has 0 spiro atoms. The predicted octanol–water partition coefficient (Wildman–Crippen LogP) is 0.394. The maximum Gasteiger partial charge on any atom is 0.291 e. The van der Waals surface area contributed by atoms with E-state index in [1.165, 1.54) is 0 Å². The first-order chi connectivity index (χ1) is 7.56. The Morgan fingerprint density at radius 1 is 1.50 bits per heavy atom. The second kappa shape index (κ2) is 5.07. The third-order valence-corrected chi connectivity index (χ3v) is 2.84. The van der Waals surface area contributed by atoms with Crippen molar-refractivity contribution in [3.8, 4) is 0 Å². The van der Waals surface area contributed by atoms with Crippen molar-refractivity contribution in [2.24, 2.45) is 0 Å². The summed E-state index contributed by atoms with van der Waals surface area (Å²) in [6.07, 6.45) is 1.32. The summed E-state index contributed by atoms with van der Waals surface area (Å²) in [5.74, 6) is 0.340. The first kappa shape index (κ1) is 12.6. The fourth-order valence-electron chi connectivity index (χ4n) is 1.43. The Kier molecular flexibility index (Phi) is 4.00. The van der Waals surface area contributed by atoms with Crippen LogP contribution >= 0.6 is 0 Å². The number of carbonyl (C=O) groups is 1. The van der Waals surface area contributed by atoms with E-state index in [1.807, 2.05) is 13.8 Å². The Morgan fingerprint density at radius 3 is 2.50 bits per heavy atom. The van der Waals surface area contributed by atoms with Crippen molar-refractivity contribution in [2.75, 3.05) is 6.61 Å². The summed E-state index contributed by atoms with van der Waals surface area (Å²) in [5, 5.41) is 18.5. The van der Waals surface area contributed by atoms with Gasteiger partial charge in [-0.3, -0.25) is 9.89 Å². The summed E-state index contributed by atoms with van der Waals surface area (Å²) >= 11 is 0. The number of aliphatic hydroxyl groups excluding tert-OH is 1. The van der Waals surface area contributed by atoms with Gasteiger partial charge in [-0.15, -0.1) is 5.10 Å². The molecule has 3 N–H and O–H groups in total. The average Bonchev–Trinajstić information content (AvgIpc) is 2.73. The van der Waals surface area contributed by atoms with Crippen LogP contribution in [-0.2, 0) is 0 Å². The van der Waals surface area contributed by atoms with E-state index in [0.29, 0.717) is 18.7 Å². The molecular formula is C10H18N4O2. The minimum atomic E-state index is -0.578. The Labute approximate surface area is 94.5 Å². The van der Waals surface area contributed by atoms with E-state index in [2.05, 4.69) is 20.5 Å². The van der Waals surface area contributed by atoms with Crippen LogP contribution in [0.4, 0.5) is 0 Å². The van der Waals surface area contributed by atoms with Gasteiger partial charge in [-0.2, -0.15) is 0 Å². The van der Waals surface area contributed by atoms with Crippen molar-refractivity contribution in [2.45, 2.75) is 39.2 Å². The van der Waals surface area contributed by atoms with Crippen LogP contribution in [0.3, 0.4) is 0 Å². The van der Waals surface area contributed by atoms with Crippen molar-refractivity contribution < 1.29 is 9.90 Å². The molecule has 6 heteroatoms. The lowest BCUT2D eigenvalue weighted by Gasteiger charge is -2.30. The van der Waals surface area contributed by atoms with Gasteiger partial charge in [0.1, 0.15) is 5.82 Å². The van der Waals surface area contributed by atoms with E-state index in [0.717, 1.165) is 0 Å². The standard InChI is InChI=1S/C10H18N4O2/c1-4-10(5-2,6-15)12-9(16)8-11-7(3)13-14-8/h15H,4-6H2,1-3H3,(H,12,16)(H,11,13,14). The fraction of sp³-hybridized carbons (Fsp3) is 0.700. The second-order valence-corrected chi connectivity index (χ2v) is 3.84. The third-order valence-electron chi connectivity index (χ3n) is 2.84. The molecule has 0 bridgehead atoms. The van der Waals surface area contributed by atoms with Crippen molar-refractivity contribution in [3.05, 3.63) is 11.6 Å². The molecule has 1 heterocycles. The van der Waals surface area contributed by atoms with E-state index in [9.17, 15) is 9.90 Å². The smallest absolute Gasteiger partial charge is 0.291 e. The lowest BCUT2D eigenvalue weighted by Crippen LogP contribution is -2.50. The van der Waals surface area contributed by atoms with Gasteiger partial charge < -0.3 is 10.4 Å². The van der Waals surface area contributed by atoms with Gasteiger partial charge in [0.2, 0.25) is 5.82 Å². The highest BCUT2D eigenvalue weighted by atomic mass is 16.3. The van der Waals surface area contributed by atoms with E-state index in [-0.39, 0.29) is 18.3 Å². The number of amides is 1. The van der Waals surface area contributed by atoms with Crippen molar-refractivity contribution in [1.82, 2.24) is 20.5 Å². The number of aliphatic hydroxyl groups is 1. The number of nitrogens with zero attached hydrogens (tertiary/aromatic N) is 2. The summed E-state index contributed by atoms with van der Waals surface area (Å²) in [5.41, 5.74) is -0.578. The Hall–Kier alpha value is -1.43. The Morgan fingerprint density at radius 2 is 2.12 bits per heavy atom. The topological polar surface area (TPSA) is 90.9 Å². The van der Waals surface area contributed by atoms with Crippen LogP contribution in [0.25, 0.3) is 0 Å². The number of carbonyl (C=O) groups excluding carboxylic acids is 1. The van der Waals surface area contributed by atoms with Gasteiger partial charge in [0.15, 0.2) is 0 Å². The predicted molar refractivity (Wildman–Crippen MR) is 59.0 cm³/mol. The van der Waals surface area contributed by atoms with Crippen molar-refractivity contribution in [1.29, 1.82) is 0 Å². The van der Waals surface area contributed by atoms with Crippen LogP contribution < -0.4 is 5.32 Å². The molecule has 1 aromatic rings. The molecule has 0 saturated carbocycles. The molecule has 1 rings (SSSR count). The maximum atomic E-state index is 11.8. The Balaban J connectivity index is 2.76. The van der Waals surface area contributed by atoms with Gasteiger partial charge in [0.05, 0.1) is 12.1 Å². The minimum Gasteiger partial charge on any atom is -0.394 e. The van der Waals surface area contributed by atoms with Crippen LogP contribution in [0.5, 0.6) is 0 Å². The lowest BCUT2D eigenvalue weighted by molar-refractivity contribution is 0.0807. The molecule has 0 fully saturated rings. The minimum absolute atomic E-state index is 0.0881. The molecular weight excluding hydrogens is 208 g/mol. The quantitative estimate of drug-likeness (QED) is 0.677. The monoisotopic (exact) mass is 226 g/mol. The molecule has 16 heavy (non-hydrogen) atoms. The molecule has 90 valence electrons. The summed E-state index contributed by atoms with van der Waals surface area (Å²) in [6, 6.07) is 0. The van der Waals surface area contributed by atoms with Gasteiger partial charge in [0.25, 0.3) is 5.91 Å². The van der Waals surface area contributed by atoms with Crippen LogP contribution in [0.1, 0.15) is 43.1 Å². The summed E-state index contributed by atoms with van der Waals surface area (Å²) in [6.45, 7) is 5.48. The zero-order chi connectivity index (χ0) is 12.2. The van der Waals surface area contributed by atoms with Crippen molar-refractivity contribution in [3.63, 3.8) is 0 Å². The van der Waals surface area contributed by atoms with Gasteiger partial charge in [-0.1, -0.05) is 13.8 Å². The zero-order valence-corrected chi connectivity index (χ0v) is 9.87. The number of hydrogen-bond acceptors (Lipinski definition) is 4. The van der Waals surface area contributed by atoms with Crippen LogP contribution in [0.15, 0.2) is 0 Å². The van der Waals surface area contributed by atoms with Crippen LogP contribution in [-0.4, -0.2) is 38.3 Å². The summed E-state index contributed by atoms with van der Waals surface area (Å²) in [7, 11) is 0. The summed E-state index contributed by atoms with van der Waals surface area (Å²) < 4.78 is 0. The highest BCUT2D eigenvalue weighted by molar-refractivity contribution is 5.90. The normalized spacial score (nSPS) is 11.5. The molecule has 0 aliphatic carbocycles. The van der Waals surface area contributed by atoms with E-state index >= 15 is 0 Å². The molecule has 0 aliphatic rings. The number of H-pyrrole nitrogens is 1. The molecule has 1 aromatic heterocycles. The SMILES string of the molecule is CCC(CC)(CO)NC(=O)c1n[nH]c(C)n1. The van der Waals surface area contributed by atoms with Gasteiger partial charge >= 0.3 is 0 Å². The number of aromatic amines is 1. The molecule has 0 atom stereocenters. The fourth-order valence-corrected chi connectivity index (χ4v) is 1.43. The van der Waals surface area contributed by atoms with Crippen molar-refractivity contribution >= 4 is 5.91 Å². The number of aromatic nitrogens is 3. The molecule has 0 aromatic carbocycles. The first-order valence-corrected chi connectivity index (χ1v) is 5.39. The molecule has 0 radical (unpaired) electrons. The second-order valence-electron chi connectivity index (χ2n) is 3.84. The maximum absolute atomic E-state index is 11.8. The van der Waals surface area contributed by atoms with Gasteiger partial charge in [-0.25, -0.2) is 4.98 Å². The van der Waals surface area contributed by atoms with Gasteiger partial charge in [0, 0.05) is 0 Å². The van der Waals surface area contributed by atoms with E-state index < -0.39 is 5.54 Å².